The first-order chi connectivity index (χ1) is 9.20. The molecule has 19 heavy (non-hydrogen) atoms. The van der Waals surface area contributed by atoms with Crippen molar-refractivity contribution < 1.29 is 4.74 Å². The molecule has 98 valence electrons. The molecule has 2 aromatic rings. The van der Waals surface area contributed by atoms with Gasteiger partial charge in [0, 0.05) is 31.2 Å². The molecule has 0 saturated heterocycles. The largest absolute Gasteiger partial charge is 0.479 e. The van der Waals surface area contributed by atoms with E-state index in [0.29, 0.717) is 5.75 Å². The van der Waals surface area contributed by atoms with Crippen LogP contribution < -0.4 is 10.1 Å². The van der Waals surface area contributed by atoms with Crippen molar-refractivity contribution in [3.63, 3.8) is 0 Å². The predicted molar refractivity (Wildman–Crippen MR) is 72.8 cm³/mol. The molecule has 1 heterocycles. The van der Waals surface area contributed by atoms with Gasteiger partial charge in [-0.25, -0.2) is 4.98 Å². The fraction of sp³-hybridized carbons (Fsp3) is 0.286. The summed E-state index contributed by atoms with van der Waals surface area (Å²) in [5.74, 6) is 1.64. The van der Waals surface area contributed by atoms with Crippen molar-refractivity contribution >= 4 is 5.69 Å². The van der Waals surface area contributed by atoms with Gasteiger partial charge in [0.15, 0.2) is 6.61 Å². The number of benzene rings is 1. The highest BCUT2D eigenvalue weighted by Gasteiger charge is 2.10. The Morgan fingerprint density at radius 2 is 2.37 bits per heavy atom. The molecular weight excluding hydrogens is 240 g/mol. The van der Waals surface area contributed by atoms with Gasteiger partial charge >= 0.3 is 0 Å². The van der Waals surface area contributed by atoms with E-state index in [-0.39, 0.29) is 12.6 Å². The van der Waals surface area contributed by atoms with Gasteiger partial charge in [0.1, 0.15) is 17.6 Å². The lowest BCUT2D eigenvalue weighted by atomic mass is 10.2. The molecule has 1 unspecified atom stereocenters. The van der Waals surface area contributed by atoms with Crippen molar-refractivity contribution in [1.29, 1.82) is 5.26 Å². The molecule has 0 aliphatic heterocycles. The molecule has 2 rings (SSSR count). The third-order valence-electron chi connectivity index (χ3n) is 2.77. The van der Waals surface area contributed by atoms with Crippen molar-refractivity contribution in [2.24, 2.45) is 7.05 Å². The molecule has 0 bridgehead atoms. The third kappa shape index (κ3) is 3.26. The highest BCUT2D eigenvalue weighted by molar-refractivity contribution is 5.49. The Hall–Kier alpha value is -2.48. The van der Waals surface area contributed by atoms with Crippen LogP contribution in [0.4, 0.5) is 5.69 Å². The number of aryl methyl sites for hydroxylation is 1. The zero-order valence-corrected chi connectivity index (χ0v) is 11.0. The summed E-state index contributed by atoms with van der Waals surface area (Å²) in [5, 5.41) is 11.9. The fourth-order valence-electron chi connectivity index (χ4n) is 1.90. The number of anilines is 1. The Bertz CT molecular complexity index is 585. The summed E-state index contributed by atoms with van der Waals surface area (Å²) in [4.78, 5) is 4.31. The van der Waals surface area contributed by atoms with Crippen molar-refractivity contribution in [3.8, 4) is 11.8 Å². The second-order valence-corrected chi connectivity index (χ2v) is 4.24. The Labute approximate surface area is 112 Å². The van der Waals surface area contributed by atoms with Crippen molar-refractivity contribution in [3.05, 3.63) is 42.5 Å². The van der Waals surface area contributed by atoms with E-state index in [2.05, 4.69) is 10.3 Å². The van der Waals surface area contributed by atoms with Gasteiger partial charge in [0.25, 0.3) is 0 Å². The SMILES string of the molecule is CC(Nc1cccc(OCC#N)c1)c1nccn1C. The van der Waals surface area contributed by atoms with Gasteiger partial charge in [0.05, 0.1) is 6.04 Å². The Balaban J connectivity index is 2.07. The lowest BCUT2D eigenvalue weighted by Gasteiger charge is -2.15. The van der Waals surface area contributed by atoms with Crippen molar-refractivity contribution in [2.75, 3.05) is 11.9 Å². The van der Waals surface area contributed by atoms with Crippen LogP contribution in [0.1, 0.15) is 18.8 Å². The van der Waals surface area contributed by atoms with Crippen LogP contribution in [0, 0.1) is 11.3 Å². The highest BCUT2D eigenvalue weighted by atomic mass is 16.5. The summed E-state index contributed by atoms with van der Waals surface area (Å²) in [6.07, 6.45) is 3.69. The second kappa shape index (κ2) is 5.91. The molecule has 1 aromatic heterocycles. The quantitative estimate of drug-likeness (QED) is 0.892. The monoisotopic (exact) mass is 256 g/mol. The van der Waals surface area contributed by atoms with Gasteiger partial charge in [-0.3, -0.25) is 0 Å². The second-order valence-electron chi connectivity index (χ2n) is 4.24. The van der Waals surface area contributed by atoms with Crippen LogP contribution in [0.2, 0.25) is 0 Å². The molecular formula is C14H16N4O. The number of ether oxygens (including phenoxy) is 1. The standard InChI is InChI=1S/C14H16N4O/c1-11(14-16-7-8-18(14)2)17-12-4-3-5-13(10-12)19-9-6-15/h3-5,7-8,10-11,17H,9H2,1-2H3. The number of rotatable bonds is 5. The Kier molecular flexibility index (Phi) is 4.04. The summed E-state index contributed by atoms with van der Waals surface area (Å²) in [6.45, 7) is 2.10. The highest BCUT2D eigenvalue weighted by Crippen LogP contribution is 2.21. The first kappa shape index (κ1) is 13.0. The zero-order valence-electron chi connectivity index (χ0n) is 11.0. The van der Waals surface area contributed by atoms with Gasteiger partial charge in [0.2, 0.25) is 0 Å². The lowest BCUT2D eigenvalue weighted by Crippen LogP contribution is -2.11. The number of nitriles is 1. The van der Waals surface area contributed by atoms with E-state index in [0.717, 1.165) is 11.5 Å². The van der Waals surface area contributed by atoms with E-state index in [1.54, 1.807) is 6.20 Å². The Morgan fingerprint density at radius 3 is 3.05 bits per heavy atom. The van der Waals surface area contributed by atoms with Crippen LogP contribution in [0.25, 0.3) is 0 Å². The number of hydrogen-bond donors (Lipinski definition) is 1. The zero-order chi connectivity index (χ0) is 13.7. The van der Waals surface area contributed by atoms with Crippen LogP contribution in [-0.2, 0) is 7.05 Å². The number of nitrogens with one attached hydrogen (secondary N) is 1. The van der Waals surface area contributed by atoms with Gasteiger partial charge in [-0.05, 0) is 19.1 Å². The minimum absolute atomic E-state index is 0.0539. The molecule has 0 spiro atoms. The summed E-state index contributed by atoms with van der Waals surface area (Å²) < 4.78 is 7.25. The van der Waals surface area contributed by atoms with E-state index in [9.17, 15) is 0 Å². The van der Waals surface area contributed by atoms with Crippen LogP contribution >= 0.6 is 0 Å². The fourth-order valence-corrected chi connectivity index (χ4v) is 1.90. The average molecular weight is 256 g/mol. The molecule has 5 nitrogen and oxygen atoms in total. The molecule has 1 N–H and O–H groups in total. The molecule has 1 atom stereocenters. The van der Waals surface area contributed by atoms with Crippen LogP contribution in [0.3, 0.4) is 0 Å². The minimum atomic E-state index is 0.0539. The summed E-state index contributed by atoms with van der Waals surface area (Å²) >= 11 is 0. The maximum Gasteiger partial charge on any atom is 0.174 e. The third-order valence-corrected chi connectivity index (χ3v) is 2.77. The van der Waals surface area contributed by atoms with Crippen LogP contribution in [0.15, 0.2) is 36.7 Å². The molecule has 0 radical (unpaired) electrons. The molecule has 0 saturated carbocycles. The summed E-state index contributed by atoms with van der Waals surface area (Å²) in [7, 11) is 1.97. The summed E-state index contributed by atoms with van der Waals surface area (Å²) in [5.41, 5.74) is 0.936. The number of imidazole rings is 1. The topological polar surface area (TPSA) is 62.9 Å². The number of nitrogens with zero attached hydrogens (tertiary/aromatic N) is 3. The molecule has 0 fully saturated rings. The van der Waals surface area contributed by atoms with Crippen LogP contribution in [0.5, 0.6) is 5.75 Å². The van der Waals surface area contributed by atoms with E-state index in [1.165, 1.54) is 0 Å². The van der Waals surface area contributed by atoms with E-state index < -0.39 is 0 Å². The molecule has 0 amide bonds. The van der Waals surface area contributed by atoms with E-state index >= 15 is 0 Å². The van der Waals surface area contributed by atoms with Gasteiger partial charge in [-0.1, -0.05) is 6.07 Å². The first-order valence-corrected chi connectivity index (χ1v) is 6.04. The van der Waals surface area contributed by atoms with E-state index in [4.69, 9.17) is 10.00 Å². The molecule has 0 aliphatic carbocycles. The van der Waals surface area contributed by atoms with Gasteiger partial charge < -0.3 is 14.6 Å². The predicted octanol–water partition coefficient (Wildman–Crippen LogP) is 2.50. The lowest BCUT2D eigenvalue weighted by molar-refractivity contribution is 0.368. The maximum atomic E-state index is 8.50. The molecule has 0 aliphatic rings. The normalized spacial score (nSPS) is 11.6. The minimum Gasteiger partial charge on any atom is -0.479 e. The smallest absolute Gasteiger partial charge is 0.174 e. The Morgan fingerprint density at radius 1 is 1.53 bits per heavy atom. The summed E-state index contributed by atoms with van der Waals surface area (Å²) in [6, 6.07) is 9.58. The number of aromatic nitrogens is 2. The number of hydrogen-bond acceptors (Lipinski definition) is 4. The van der Waals surface area contributed by atoms with E-state index in [1.807, 2.05) is 55.1 Å². The van der Waals surface area contributed by atoms with Crippen molar-refractivity contribution in [1.82, 2.24) is 9.55 Å². The maximum absolute atomic E-state index is 8.50. The molecule has 5 heteroatoms. The van der Waals surface area contributed by atoms with Crippen LogP contribution in [-0.4, -0.2) is 16.2 Å². The molecule has 1 aromatic carbocycles. The van der Waals surface area contributed by atoms with Gasteiger partial charge in [-0.2, -0.15) is 5.26 Å². The van der Waals surface area contributed by atoms with Crippen molar-refractivity contribution in [2.45, 2.75) is 13.0 Å². The average Bonchev–Trinajstić information content (AvgIpc) is 2.83. The first-order valence-electron chi connectivity index (χ1n) is 6.04. The van der Waals surface area contributed by atoms with Gasteiger partial charge in [-0.15, -0.1) is 0 Å².